The topological polar surface area (TPSA) is 30.9 Å². The lowest BCUT2D eigenvalue weighted by Gasteiger charge is -2.28. The van der Waals surface area contributed by atoms with Crippen molar-refractivity contribution in [2.45, 2.75) is 18.9 Å². The van der Waals surface area contributed by atoms with Crippen molar-refractivity contribution in [2.75, 3.05) is 24.8 Å². The van der Waals surface area contributed by atoms with Crippen molar-refractivity contribution < 1.29 is 14.2 Å². The van der Waals surface area contributed by atoms with Gasteiger partial charge in [-0.2, -0.15) is 0 Å². The van der Waals surface area contributed by atoms with Crippen LogP contribution >= 0.6 is 0 Å². The summed E-state index contributed by atoms with van der Waals surface area (Å²) < 4.78 is 16.6. The van der Waals surface area contributed by atoms with Gasteiger partial charge in [-0.15, -0.1) is 0 Å². The summed E-state index contributed by atoms with van der Waals surface area (Å²) in [6.07, 6.45) is 6.58. The van der Waals surface area contributed by atoms with Crippen molar-refractivity contribution in [1.82, 2.24) is 0 Å². The average Bonchev–Trinajstić information content (AvgIpc) is 3.36. The first kappa shape index (κ1) is 16.7. The number of ether oxygens (including phenoxy) is 3. The molecule has 0 saturated carbocycles. The minimum absolute atomic E-state index is 0.255. The van der Waals surface area contributed by atoms with Crippen LogP contribution in [0.4, 0.5) is 5.69 Å². The molecule has 1 unspecified atom stereocenters. The molecule has 0 aliphatic carbocycles. The van der Waals surface area contributed by atoms with Crippen LogP contribution in [0, 0.1) is 0 Å². The van der Waals surface area contributed by atoms with Crippen molar-refractivity contribution in [3.8, 4) is 11.5 Å². The van der Waals surface area contributed by atoms with Crippen molar-refractivity contribution >= 4 is 11.8 Å². The summed E-state index contributed by atoms with van der Waals surface area (Å²) in [4.78, 5) is 2.22. The summed E-state index contributed by atoms with van der Waals surface area (Å²) in [5.74, 6) is 1.59. The lowest BCUT2D eigenvalue weighted by molar-refractivity contribution is 0.117. The Balaban J connectivity index is 1.51. The van der Waals surface area contributed by atoms with Gasteiger partial charge in [0.2, 0.25) is 6.79 Å². The number of nitrogens with zero attached hydrogens (tertiary/aromatic N) is 1. The molecule has 0 spiro atoms. The summed E-state index contributed by atoms with van der Waals surface area (Å²) in [6, 6.07) is 16.3. The van der Waals surface area contributed by atoms with Gasteiger partial charge in [-0.05, 0) is 48.7 Å². The maximum Gasteiger partial charge on any atom is 0.231 e. The van der Waals surface area contributed by atoms with Crippen LogP contribution in [0.5, 0.6) is 11.5 Å². The molecule has 0 amide bonds. The number of benzene rings is 2. The molecule has 0 N–H and O–H groups in total. The Kier molecular flexibility index (Phi) is 4.93. The summed E-state index contributed by atoms with van der Waals surface area (Å²) >= 11 is 0. The Bertz CT molecular complexity index is 794. The summed E-state index contributed by atoms with van der Waals surface area (Å²) in [6.45, 7) is 6.25. The van der Waals surface area contributed by atoms with E-state index in [2.05, 4.69) is 29.7 Å². The van der Waals surface area contributed by atoms with E-state index >= 15 is 0 Å². The third-order valence-electron chi connectivity index (χ3n) is 4.69. The van der Waals surface area contributed by atoms with E-state index in [0.717, 1.165) is 54.4 Å². The zero-order valence-corrected chi connectivity index (χ0v) is 14.8. The van der Waals surface area contributed by atoms with Gasteiger partial charge in [-0.3, -0.25) is 0 Å². The molecule has 1 saturated heterocycles. The largest absolute Gasteiger partial charge is 0.454 e. The third kappa shape index (κ3) is 3.75. The smallest absolute Gasteiger partial charge is 0.231 e. The molecule has 2 aliphatic rings. The average molecular weight is 349 g/mol. The molecule has 26 heavy (non-hydrogen) atoms. The van der Waals surface area contributed by atoms with E-state index in [1.807, 2.05) is 42.5 Å². The first-order valence-electron chi connectivity index (χ1n) is 9.00. The van der Waals surface area contributed by atoms with Crippen LogP contribution < -0.4 is 14.4 Å². The predicted octanol–water partition coefficient (Wildman–Crippen LogP) is 4.63. The number of allylic oxidation sites excluding steroid dienone is 1. The first-order valence-corrected chi connectivity index (χ1v) is 9.00. The molecule has 2 heterocycles. The van der Waals surface area contributed by atoms with E-state index in [0.29, 0.717) is 6.79 Å². The second-order valence-corrected chi connectivity index (χ2v) is 6.52. The fourth-order valence-electron chi connectivity index (χ4n) is 3.29. The molecular weight excluding hydrogens is 326 g/mol. The molecule has 0 bridgehead atoms. The van der Waals surface area contributed by atoms with Crippen LogP contribution in [-0.4, -0.2) is 26.0 Å². The van der Waals surface area contributed by atoms with Gasteiger partial charge in [-0.25, -0.2) is 0 Å². The number of fused-ring (bicyclic) bond motifs is 1. The number of rotatable bonds is 6. The van der Waals surface area contributed by atoms with Gasteiger partial charge in [-0.1, -0.05) is 36.9 Å². The van der Waals surface area contributed by atoms with Crippen molar-refractivity contribution in [3.63, 3.8) is 0 Å². The molecular formula is C22H23NO3. The molecule has 2 aromatic rings. The van der Waals surface area contributed by atoms with Crippen LogP contribution in [0.15, 0.2) is 66.9 Å². The van der Waals surface area contributed by atoms with Crippen LogP contribution in [0.2, 0.25) is 0 Å². The molecule has 4 nitrogen and oxygen atoms in total. The molecule has 2 aliphatic heterocycles. The maximum atomic E-state index is 5.83. The van der Waals surface area contributed by atoms with Gasteiger partial charge in [0.05, 0.1) is 6.10 Å². The lowest BCUT2D eigenvalue weighted by atomic mass is 10.1. The zero-order valence-electron chi connectivity index (χ0n) is 14.8. The van der Waals surface area contributed by atoms with Gasteiger partial charge in [0.15, 0.2) is 11.5 Å². The predicted molar refractivity (Wildman–Crippen MR) is 104 cm³/mol. The van der Waals surface area contributed by atoms with Crippen LogP contribution in [0.1, 0.15) is 18.4 Å². The standard InChI is InChI=1S/C22H23NO3/c1-17(9-10-18-11-12-21-22(14-18)26-16-25-21)23(15-20-8-5-13-24-20)19-6-3-2-4-7-19/h2-4,6-7,9-12,14,20H,1,5,8,13,15-16H2/b10-9+. The van der Waals surface area contributed by atoms with E-state index in [9.17, 15) is 0 Å². The minimum atomic E-state index is 0.255. The Morgan fingerprint density at radius 1 is 1.12 bits per heavy atom. The Morgan fingerprint density at radius 3 is 2.77 bits per heavy atom. The molecule has 0 aromatic heterocycles. The molecule has 0 radical (unpaired) electrons. The monoisotopic (exact) mass is 349 g/mol. The lowest BCUT2D eigenvalue weighted by Crippen LogP contribution is -2.30. The number of hydrogen-bond acceptors (Lipinski definition) is 4. The van der Waals surface area contributed by atoms with E-state index in [1.54, 1.807) is 0 Å². The van der Waals surface area contributed by atoms with Gasteiger partial charge in [0.1, 0.15) is 0 Å². The van der Waals surface area contributed by atoms with E-state index in [4.69, 9.17) is 14.2 Å². The van der Waals surface area contributed by atoms with Gasteiger partial charge in [0.25, 0.3) is 0 Å². The quantitative estimate of drug-likeness (QED) is 0.712. The third-order valence-corrected chi connectivity index (χ3v) is 4.69. The summed E-state index contributed by atoms with van der Waals surface area (Å²) in [7, 11) is 0. The van der Waals surface area contributed by atoms with Crippen molar-refractivity contribution in [1.29, 1.82) is 0 Å². The highest BCUT2D eigenvalue weighted by Crippen LogP contribution is 2.33. The van der Waals surface area contributed by atoms with Crippen LogP contribution in [0.25, 0.3) is 6.08 Å². The van der Waals surface area contributed by atoms with Crippen molar-refractivity contribution in [3.05, 3.63) is 72.4 Å². The molecule has 1 fully saturated rings. The highest BCUT2D eigenvalue weighted by atomic mass is 16.7. The summed E-state index contributed by atoms with van der Waals surface area (Å²) in [5, 5.41) is 0. The highest BCUT2D eigenvalue weighted by Gasteiger charge is 2.20. The van der Waals surface area contributed by atoms with E-state index in [1.165, 1.54) is 0 Å². The minimum Gasteiger partial charge on any atom is -0.454 e. The van der Waals surface area contributed by atoms with Gasteiger partial charge < -0.3 is 19.1 Å². The Hall–Kier alpha value is -2.72. The van der Waals surface area contributed by atoms with Gasteiger partial charge in [0, 0.05) is 24.5 Å². The van der Waals surface area contributed by atoms with E-state index < -0.39 is 0 Å². The summed E-state index contributed by atoms with van der Waals surface area (Å²) in [5.41, 5.74) is 3.12. The Morgan fingerprint density at radius 2 is 1.96 bits per heavy atom. The molecule has 4 rings (SSSR count). The fraction of sp³-hybridized carbons (Fsp3) is 0.273. The maximum absolute atomic E-state index is 5.83. The number of para-hydroxylation sites is 1. The van der Waals surface area contributed by atoms with Gasteiger partial charge >= 0.3 is 0 Å². The molecule has 134 valence electrons. The number of anilines is 1. The molecule has 2 aromatic carbocycles. The van der Waals surface area contributed by atoms with E-state index in [-0.39, 0.29) is 6.10 Å². The number of hydrogen-bond donors (Lipinski definition) is 0. The second-order valence-electron chi connectivity index (χ2n) is 6.52. The Labute approximate surface area is 154 Å². The second kappa shape index (κ2) is 7.67. The molecule has 4 heteroatoms. The molecule has 1 atom stereocenters. The first-order chi connectivity index (χ1) is 12.8. The van der Waals surface area contributed by atoms with Crippen molar-refractivity contribution in [2.24, 2.45) is 0 Å². The fourth-order valence-corrected chi connectivity index (χ4v) is 3.29. The highest BCUT2D eigenvalue weighted by molar-refractivity contribution is 5.62. The van der Waals surface area contributed by atoms with Crippen LogP contribution in [-0.2, 0) is 4.74 Å². The SMILES string of the molecule is C=C(/C=C/c1ccc2c(c1)OCO2)N(CC1CCCO1)c1ccccc1. The van der Waals surface area contributed by atoms with Crippen LogP contribution in [0.3, 0.4) is 0 Å². The zero-order chi connectivity index (χ0) is 17.8. The normalized spacial score (nSPS) is 18.4.